The number of ketones is 1. The fourth-order valence-electron chi connectivity index (χ4n) is 3.38. The van der Waals surface area contributed by atoms with Crippen LogP contribution in [0.2, 0.25) is 0 Å². The summed E-state index contributed by atoms with van der Waals surface area (Å²) in [6.45, 7) is 3.36. The summed E-state index contributed by atoms with van der Waals surface area (Å²) in [4.78, 5) is 35.2. The molecule has 0 saturated heterocycles. The van der Waals surface area contributed by atoms with Gasteiger partial charge in [-0.3, -0.25) is 9.59 Å². The lowest BCUT2D eigenvalue weighted by Gasteiger charge is -2.45. The van der Waals surface area contributed by atoms with Crippen molar-refractivity contribution in [1.82, 2.24) is 0 Å². The van der Waals surface area contributed by atoms with Crippen molar-refractivity contribution in [2.45, 2.75) is 52.1 Å². The topological polar surface area (TPSA) is 69.7 Å². The van der Waals surface area contributed by atoms with Gasteiger partial charge in [0.25, 0.3) is 0 Å². The number of ether oxygens (including phenoxy) is 2. The first-order valence-corrected chi connectivity index (χ1v) is 6.92. The number of hydrogen-bond donors (Lipinski definition) is 0. The lowest BCUT2D eigenvalue weighted by Crippen LogP contribution is -2.45. The molecule has 0 bridgehead atoms. The highest BCUT2D eigenvalue weighted by Gasteiger charge is 2.48. The van der Waals surface area contributed by atoms with Crippen molar-refractivity contribution in [1.29, 1.82) is 0 Å². The molecule has 0 unspecified atom stereocenters. The van der Waals surface area contributed by atoms with Gasteiger partial charge in [0.2, 0.25) is 0 Å². The third-order valence-electron chi connectivity index (χ3n) is 4.44. The van der Waals surface area contributed by atoms with Gasteiger partial charge >= 0.3 is 11.9 Å². The summed E-state index contributed by atoms with van der Waals surface area (Å²) in [6, 6.07) is 0. The number of carbonyl (C=O) groups excluding carboxylic acids is 3. The van der Waals surface area contributed by atoms with Crippen molar-refractivity contribution < 1.29 is 23.9 Å². The minimum Gasteiger partial charge on any atom is -0.465 e. The lowest BCUT2D eigenvalue weighted by molar-refractivity contribution is -0.154. The first-order valence-electron chi connectivity index (χ1n) is 6.92. The molecular formula is C15H20O5. The molecule has 1 fully saturated rings. The van der Waals surface area contributed by atoms with E-state index in [0.29, 0.717) is 19.3 Å². The molecule has 0 amide bonds. The zero-order chi connectivity index (χ0) is 14.9. The van der Waals surface area contributed by atoms with Crippen LogP contribution in [0.25, 0.3) is 0 Å². The van der Waals surface area contributed by atoms with Crippen molar-refractivity contribution in [2.75, 3.05) is 7.11 Å². The third-order valence-corrected chi connectivity index (χ3v) is 4.44. The Bertz CT molecular complexity index is 490. The molecule has 2 rings (SSSR count). The summed E-state index contributed by atoms with van der Waals surface area (Å²) in [5, 5.41) is 0. The number of carbonyl (C=O) groups is 3. The molecule has 2 atom stereocenters. The second kappa shape index (κ2) is 5.38. The van der Waals surface area contributed by atoms with E-state index < -0.39 is 11.4 Å². The lowest BCUT2D eigenvalue weighted by atomic mass is 9.62. The van der Waals surface area contributed by atoms with E-state index in [1.165, 1.54) is 14.0 Å². The molecule has 2 aliphatic carbocycles. The zero-order valence-electron chi connectivity index (χ0n) is 12.2. The maximum Gasteiger partial charge on any atom is 0.341 e. The van der Waals surface area contributed by atoms with Crippen LogP contribution in [0.3, 0.4) is 0 Å². The van der Waals surface area contributed by atoms with Gasteiger partial charge in [0, 0.05) is 18.8 Å². The second-order valence-corrected chi connectivity index (χ2v) is 5.68. The molecule has 1 saturated carbocycles. The van der Waals surface area contributed by atoms with Gasteiger partial charge in [-0.05, 0) is 31.3 Å². The summed E-state index contributed by atoms with van der Waals surface area (Å²) in [7, 11) is 1.28. The Hall–Kier alpha value is -1.65. The molecule has 110 valence electrons. The minimum atomic E-state index is -0.570. The van der Waals surface area contributed by atoms with E-state index in [1.807, 2.05) is 6.92 Å². The maximum atomic E-state index is 12.1. The smallest absolute Gasteiger partial charge is 0.341 e. The predicted octanol–water partition coefficient (Wildman–Crippen LogP) is 1.94. The predicted molar refractivity (Wildman–Crippen MR) is 70.8 cm³/mol. The van der Waals surface area contributed by atoms with Gasteiger partial charge in [-0.1, -0.05) is 6.92 Å². The van der Waals surface area contributed by atoms with E-state index in [1.54, 1.807) is 0 Å². The van der Waals surface area contributed by atoms with Gasteiger partial charge in [-0.2, -0.15) is 0 Å². The molecular weight excluding hydrogens is 260 g/mol. The summed E-state index contributed by atoms with van der Waals surface area (Å²) < 4.78 is 10.2. The third kappa shape index (κ3) is 2.37. The van der Waals surface area contributed by atoms with Crippen LogP contribution in [-0.4, -0.2) is 30.9 Å². The number of Topliss-reactive ketones (excluding diaryl/α,β-unsaturated/α-hetero) is 1. The van der Waals surface area contributed by atoms with E-state index in [9.17, 15) is 14.4 Å². The number of fused-ring (bicyclic) bond motifs is 1. The van der Waals surface area contributed by atoms with Crippen LogP contribution in [-0.2, 0) is 23.9 Å². The van der Waals surface area contributed by atoms with Crippen LogP contribution >= 0.6 is 0 Å². The normalized spacial score (nSPS) is 29.8. The highest BCUT2D eigenvalue weighted by atomic mass is 16.5. The molecule has 0 radical (unpaired) electrons. The molecule has 5 nitrogen and oxygen atoms in total. The number of hydrogen-bond acceptors (Lipinski definition) is 5. The zero-order valence-corrected chi connectivity index (χ0v) is 12.2. The van der Waals surface area contributed by atoms with Crippen molar-refractivity contribution in [2.24, 2.45) is 5.41 Å². The quantitative estimate of drug-likeness (QED) is 0.571. The average molecular weight is 280 g/mol. The van der Waals surface area contributed by atoms with E-state index >= 15 is 0 Å². The SMILES string of the molecule is COC(=O)C1=C2CCC[C@@H](OC(C)=O)[C@@]2(C)CCC1=O. The summed E-state index contributed by atoms with van der Waals surface area (Å²) in [6.07, 6.45) is 2.89. The summed E-state index contributed by atoms with van der Waals surface area (Å²) >= 11 is 0. The van der Waals surface area contributed by atoms with Crippen LogP contribution in [0.4, 0.5) is 0 Å². The Balaban J connectivity index is 2.46. The Morgan fingerprint density at radius 3 is 2.60 bits per heavy atom. The maximum absolute atomic E-state index is 12.1. The van der Waals surface area contributed by atoms with Gasteiger partial charge in [0.15, 0.2) is 5.78 Å². The first kappa shape index (κ1) is 14.8. The first-order chi connectivity index (χ1) is 9.40. The Morgan fingerprint density at radius 1 is 1.30 bits per heavy atom. The molecule has 0 N–H and O–H groups in total. The average Bonchev–Trinajstić information content (AvgIpc) is 2.39. The molecule has 2 aliphatic rings. The van der Waals surface area contributed by atoms with Gasteiger partial charge < -0.3 is 9.47 Å². The minimum absolute atomic E-state index is 0.159. The van der Waals surface area contributed by atoms with Crippen molar-refractivity contribution in [3.8, 4) is 0 Å². The summed E-state index contributed by atoms with van der Waals surface area (Å²) in [5.41, 5.74) is 0.553. The fraction of sp³-hybridized carbons (Fsp3) is 0.667. The van der Waals surface area contributed by atoms with Crippen LogP contribution < -0.4 is 0 Å². The Morgan fingerprint density at radius 2 is 2.00 bits per heavy atom. The van der Waals surface area contributed by atoms with E-state index in [-0.39, 0.29) is 23.4 Å². The van der Waals surface area contributed by atoms with Crippen LogP contribution in [0.5, 0.6) is 0 Å². The number of esters is 2. The highest BCUT2D eigenvalue weighted by Crippen LogP contribution is 2.50. The molecule has 0 spiro atoms. The monoisotopic (exact) mass is 280 g/mol. The molecule has 0 aliphatic heterocycles. The molecule has 0 aromatic heterocycles. The molecule has 5 heteroatoms. The van der Waals surface area contributed by atoms with E-state index in [2.05, 4.69) is 0 Å². The van der Waals surface area contributed by atoms with Crippen molar-refractivity contribution in [3.63, 3.8) is 0 Å². The fourth-order valence-corrected chi connectivity index (χ4v) is 3.38. The van der Waals surface area contributed by atoms with Crippen LogP contribution in [0.1, 0.15) is 46.0 Å². The highest BCUT2D eigenvalue weighted by molar-refractivity contribution is 6.18. The molecule has 0 aromatic rings. The summed E-state index contributed by atoms with van der Waals surface area (Å²) in [5.74, 6) is -1.05. The van der Waals surface area contributed by atoms with E-state index in [0.717, 1.165) is 18.4 Å². The largest absolute Gasteiger partial charge is 0.465 e. The Labute approximate surface area is 118 Å². The van der Waals surface area contributed by atoms with E-state index in [4.69, 9.17) is 9.47 Å². The van der Waals surface area contributed by atoms with Crippen LogP contribution in [0.15, 0.2) is 11.1 Å². The second-order valence-electron chi connectivity index (χ2n) is 5.68. The number of methoxy groups -OCH3 is 1. The molecule has 0 aromatic carbocycles. The van der Waals surface area contributed by atoms with Crippen LogP contribution in [0, 0.1) is 5.41 Å². The van der Waals surface area contributed by atoms with Gasteiger partial charge in [-0.25, -0.2) is 4.79 Å². The molecule has 0 heterocycles. The van der Waals surface area contributed by atoms with Gasteiger partial charge in [-0.15, -0.1) is 0 Å². The number of rotatable bonds is 2. The molecule has 20 heavy (non-hydrogen) atoms. The van der Waals surface area contributed by atoms with Crippen molar-refractivity contribution >= 4 is 17.7 Å². The standard InChI is InChI=1S/C15H20O5/c1-9(16)20-12-6-4-5-10-13(14(18)19-3)11(17)7-8-15(10,12)2/h12H,4-8H2,1-3H3/t12-,15+/m1/s1. The van der Waals surface area contributed by atoms with Gasteiger partial charge in [0.05, 0.1) is 7.11 Å². The Kier molecular flexibility index (Phi) is 3.97. The van der Waals surface area contributed by atoms with Crippen molar-refractivity contribution in [3.05, 3.63) is 11.1 Å². The van der Waals surface area contributed by atoms with Gasteiger partial charge in [0.1, 0.15) is 11.7 Å².